The zero-order valence-electron chi connectivity index (χ0n) is 14.3. The number of ether oxygens (including phenoxy) is 1. The highest BCUT2D eigenvalue weighted by molar-refractivity contribution is 5.89. The molecule has 0 N–H and O–H groups in total. The van der Waals surface area contributed by atoms with Crippen molar-refractivity contribution in [3.8, 4) is 11.5 Å². The van der Waals surface area contributed by atoms with Crippen molar-refractivity contribution in [3.05, 3.63) is 78.5 Å². The summed E-state index contributed by atoms with van der Waals surface area (Å²) in [6.45, 7) is 3.46. The fraction of sp³-hybridized carbons (Fsp3) is 0.143. The van der Waals surface area contributed by atoms with E-state index < -0.39 is 11.7 Å². The lowest BCUT2D eigenvalue weighted by Gasteiger charge is -2.12. The highest BCUT2D eigenvalue weighted by atomic mass is 19.4. The molecule has 0 atom stereocenters. The second-order valence-electron chi connectivity index (χ2n) is 5.96. The zero-order chi connectivity index (χ0) is 19.4. The number of rotatable bonds is 6. The lowest BCUT2D eigenvalue weighted by atomic mass is 10.0. The maximum atomic E-state index is 12.7. The highest BCUT2D eigenvalue weighted by Gasteiger charge is 2.30. The van der Waals surface area contributed by atoms with Crippen molar-refractivity contribution in [2.24, 2.45) is 0 Å². The molecule has 0 radical (unpaired) electrons. The van der Waals surface area contributed by atoms with Crippen molar-refractivity contribution in [1.29, 1.82) is 0 Å². The van der Waals surface area contributed by atoms with Crippen LogP contribution in [-0.2, 0) is 17.4 Å². The third-order valence-electron chi connectivity index (χ3n) is 4.03. The van der Waals surface area contributed by atoms with Gasteiger partial charge in [-0.1, -0.05) is 12.6 Å². The molecule has 3 rings (SSSR count). The van der Waals surface area contributed by atoms with Gasteiger partial charge in [0.15, 0.2) is 11.5 Å². The summed E-state index contributed by atoms with van der Waals surface area (Å²) in [5.74, 6) is 0.634. The number of alkyl halides is 3. The van der Waals surface area contributed by atoms with E-state index in [1.807, 2.05) is 12.1 Å². The summed E-state index contributed by atoms with van der Waals surface area (Å²) in [4.78, 5) is 15.8. The van der Waals surface area contributed by atoms with Crippen LogP contribution in [0.2, 0.25) is 0 Å². The van der Waals surface area contributed by atoms with Crippen LogP contribution in [0.25, 0.3) is 10.9 Å². The molecule has 3 nitrogen and oxygen atoms in total. The van der Waals surface area contributed by atoms with Crippen molar-refractivity contribution in [2.75, 3.05) is 0 Å². The lowest BCUT2D eigenvalue weighted by molar-refractivity contribution is -0.137. The molecule has 0 aliphatic carbocycles. The standard InChI is InChI=1S/C21H16F3NO2/c1-2-17(26)8-5-14-12-15-4-3-11-25-20(15)19(13-14)27-18-9-6-16(7-10-18)21(22,23)24/h2-4,6-7,9-13H,1,5,8H2. The van der Waals surface area contributed by atoms with Gasteiger partial charge >= 0.3 is 6.18 Å². The number of halogens is 3. The third kappa shape index (κ3) is 4.53. The number of hydrogen-bond acceptors (Lipinski definition) is 3. The molecule has 2 aromatic carbocycles. The molecule has 0 saturated carbocycles. The topological polar surface area (TPSA) is 39.2 Å². The van der Waals surface area contributed by atoms with Crippen LogP contribution < -0.4 is 4.74 Å². The van der Waals surface area contributed by atoms with Gasteiger partial charge in [-0.15, -0.1) is 0 Å². The number of pyridine rings is 1. The Morgan fingerprint density at radius 1 is 1.15 bits per heavy atom. The molecule has 0 bridgehead atoms. The summed E-state index contributed by atoms with van der Waals surface area (Å²) in [7, 11) is 0. The molecule has 1 heterocycles. The number of fused-ring (bicyclic) bond motifs is 1. The molecule has 27 heavy (non-hydrogen) atoms. The molecule has 0 spiro atoms. The van der Waals surface area contributed by atoms with E-state index >= 15 is 0 Å². The summed E-state index contributed by atoms with van der Waals surface area (Å²) in [6.07, 6.45) is -0.691. The van der Waals surface area contributed by atoms with Gasteiger partial charge in [-0.3, -0.25) is 9.78 Å². The molecule has 1 aromatic heterocycles. The number of allylic oxidation sites excluding steroid dienone is 1. The van der Waals surface area contributed by atoms with E-state index in [4.69, 9.17) is 4.74 Å². The van der Waals surface area contributed by atoms with Crippen LogP contribution in [0, 0.1) is 0 Å². The van der Waals surface area contributed by atoms with Gasteiger partial charge in [0, 0.05) is 18.0 Å². The van der Waals surface area contributed by atoms with E-state index in [9.17, 15) is 18.0 Å². The normalized spacial score (nSPS) is 11.4. The second-order valence-corrected chi connectivity index (χ2v) is 5.96. The first-order valence-electron chi connectivity index (χ1n) is 8.25. The van der Waals surface area contributed by atoms with Crippen LogP contribution in [-0.4, -0.2) is 10.8 Å². The van der Waals surface area contributed by atoms with Gasteiger partial charge in [-0.05, 0) is 60.5 Å². The fourth-order valence-electron chi connectivity index (χ4n) is 2.65. The van der Waals surface area contributed by atoms with E-state index in [2.05, 4.69) is 11.6 Å². The molecular formula is C21H16F3NO2. The lowest BCUT2D eigenvalue weighted by Crippen LogP contribution is -2.04. The number of carbonyl (C=O) groups is 1. The quantitative estimate of drug-likeness (QED) is 0.519. The van der Waals surface area contributed by atoms with E-state index in [0.29, 0.717) is 24.1 Å². The van der Waals surface area contributed by atoms with Gasteiger partial charge in [0.2, 0.25) is 0 Å². The van der Waals surface area contributed by atoms with Crippen LogP contribution in [0.4, 0.5) is 13.2 Å². The Morgan fingerprint density at radius 3 is 2.56 bits per heavy atom. The van der Waals surface area contributed by atoms with Gasteiger partial charge in [-0.25, -0.2) is 0 Å². The maximum absolute atomic E-state index is 12.7. The third-order valence-corrected chi connectivity index (χ3v) is 4.03. The predicted octanol–water partition coefficient (Wildman–Crippen LogP) is 5.73. The van der Waals surface area contributed by atoms with E-state index in [0.717, 1.165) is 23.1 Å². The summed E-state index contributed by atoms with van der Waals surface area (Å²) < 4.78 is 43.9. The summed E-state index contributed by atoms with van der Waals surface area (Å²) in [5, 5.41) is 0.822. The summed E-state index contributed by atoms with van der Waals surface area (Å²) >= 11 is 0. The Bertz CT molecular complexity index is 979. The molecule has 3 aromatic rings. The number of aryl methyl sites for hydroxylation is 1. The van der Waals surface area contributed by atoms with Crippen LogP contribution in [0.15, 0.2) is 67.4 Å². The SMILES string of the molecule is C=CC(=O)CCc1cc(Oc2ccc(C(F)(F)F)cc2)c2ncccc2c1. The molecule has 0 unspecified atom stereocenters. The van der Waals surface area contributed by atoms with E-state index in [1.165, 1.54) is 18.2 Å². The first kappa shape index (κ1) is 18.6. The monoisotopic (exact) mass is 371 g/mol. The minimum absolute atomic E-state index is 0.0634. The number of aromatic nitrogens is 1. The van der Waals surface area contributed by atoms with Gasteiger partial charge in [0.05, 0.1) is 5.56 Å². The average Bonchev–Trinajstić information content (AvgIpc) is 2.66. The Labute approximate surface area is 154 Å². The molecule has 0 fully saturated rings. The molecule has 138 valence electrons. The minimum Gasteiger partial charge on any atom is -0.455 e. The average molecular weight is 371 g/mol. The first-order chi connectivity index (χ1) is 12.9. The van der Waals surface area contributed by atoms with Crippen LogP contribution in [0.1, 0.15) is 17.5 Å². The number of ketones is 1. The Kier molecular flexibility index (Phi) is 5.26. The Balaban J connectivity index is 1.92. The molecule has 6 heteroatoms. The predicted molar refractivity (Wildman–Crippen MR) is 96.8 cm³/mol. The largest absolute Gasteiger partial charge is 0.455 e. The van der Waals surface area contributed by atoms with Crippen molar-refractivity contribution in [1.82, 2.24) is 4.98 Å². The van der Waals surface area contributed by atoms with E-state index in [-0.39, 0.29) is 11.5 Å². The zero-order valence-corrected chi connectivity index (χ0v) is 14.3. The van der Waals surface area contributed by atoms with Crippen molar-refractivity contribution in [2.45, 2.75) is 19.0 Å². The minimum atomic E-state index is -4.40. The molecular weight excluding hydrogens is 355 g/mol. The van der Waals surface area contributed by atoms with Crippen molar-refractivity contribution >= 4 is 16.7 Å². The molecule has 0 aliphatic rings. The van der Waals surface area contributed by atoms with Crippen LogP contribution in [0.5, 0.6) is 11.5 Å². The summed E-state index contributed by atoms with van der Waals surface area (Å²) in [5.41, 5.74) is 0.721. The first-order valence-corrected chi connectivity index (χ1v) is 8.25. The number of carbonyl (C=O) groups excluding carboxylic acids is 1. The number of hydrogen-bond donors (Lipinski definition) is 0. The Morgan fingerprint density at radius 2 is 1.89 bits per heavy atom. The van der Waals surface area contributed by atoms with Gasteiger partial charge in [-0.2, -0.15) is 13.2 Å². The summed E-state index contributed by atoms with van der Waals surface area (Å²) in [6, 6.07) is 11.8. The van der Waals surface area contributed by atoms with Crippen LogP contribution >= 0.6 is 0 Å². The number of nitrogens with zero attached hydrogens (tertiary/aromatic N) is 1. The van der Waals surface area contributed by atoms with Gasteiger partial charge < -0.3 is 4.74 Å². The fourth-order valence-corrected chi connectivity index (χ4v) is 2.65. The van der Waals surface area contributed by atoms with Gasteiger partial charge in [0.1, 0.15) is 11.3 Å². The highest BCUT2D eigenvalue weighted by Crippen LogP contribution is 2.33. The number of benzene rings is 2. The van der Waals surface area contributed by atoms with Crippen molar-refractivity contribution < 1.29 is 22.7 Å². The van der Waals surface area contributed by atoms with Crippen molar-refractivity contribution in [3.63, 3.8) is 0 Å². The molecule has 0 amide bonds. The van der Waals surface area contributed by atoms with E-state index in [1.54, 1.807) is 18.3 Å². The molecule has 0 aliphatic heterocycles. The van der Waals surface area contributed by atoms with Crippen LogP contribution in [0.3, 0.4) is 0 Å². The molecule has 0 saturated heterocycles. The Hall–Kier alpha value is -3.15. The van der Waals surface area contributed by atoms with Gasteiger partial charge in [0.25, 0.3) is 0 Å². The smallest absolute Gasteiger partial charge is 0.416 e. The second kappa shape index (κ2) is 7.61. The maximum Gasteiger partial charge on any atom is 0.416 e.